The number of hydrogen-bond acceptors (Lipinski definition) is 3. The lowest BCUT2D eigenvalue weighted by Gasteiger charge is -2.22. The maximum atomic E-state index is 12.5. The number of Topliss-reactive ketones (excluding diaryl/α,β-unsaturated/α-hetero) is 1. The van der Waals surface area contributed by atoms with Crippen molar-refractivity contribution in [1.82, 2.24) is 4.98 Å². The van der Waals surface area contributed by atoms with Crippen molar-refractivity contribution in [1.29, 1.82) is 0 Å². The molecule has 0 bridgehead atoms. The van der Waals surface area contributed by atoms with Gasteiger partial charge < -0.3 is 9.72 Å². The summed E-state index contributed by atoms with van der Waals surface area (Å²) in [7, 11) is 0. The minimum absolute atomic E-state index is 0.0967. The number of benzene rings is 1. The second kappa shape index (κ2) is 5.79. The number of carbonyl (C=O) groups excluding carboxylic acids is 2. The van der Waals surface area contributed by atoms with Crippen molar-refractivity contribution in [3.8, 4) is 0 Å². The van der Waals surface area contributed by atoms with Gasteiger partial charge in [-0.05, 0) is 37.3 Å². The number of fused-ring (bicyclic) bond motifs is 1. The van der Waals surface area contributed by atoms with Crippen LogP contribution in [0.5, 0.6) is 0 Å². The molecule has 114 valence electrons. The Hall–Kier alpha value is -2.36. The first-order valence-corrected chi connectivity index (χ1v) is 7.58. The van der Waals surface area contributed by atoms with Gasteiger partial charge in [0.1, 0.15) is 5.69 Å². The summed E-state index contributed by atoms with van der Waals surface area (Å²) in [6.07, 6.45) is 1.23. The standard InChI is InChI=1S/C18H19NO3/c1-3-22-18(21)17-11(2)16-14(19-17)9-13(10-15(16)20)12-7-5-4-6-8-12/h4-8,13,19H,3,9-10H2,1-2H3. The van der Waals surface area contributed by atoms with Gasteiger partial charge in [0.25, 0.3) is 0 Å². The molecule has 1 aromatic heterocycles. The van der Waals surface area contributed by atoms with Crippen LogP contribution in [0.3, 0.4) is 0 Å². The Morgan fingerprint density at radius 1 is 1.27 bits per heavy atom. The predicted molar refractivity (Wildman–Crippen MR) is 83.3 cm³/mol. The van der Waals surface area contributed by atoms with Crippen molar-refractivity contribution in [2.75, 3.05) is 6.61 Å². The van der Waals surface area contributed by atoms with E-state index < -0.39 is 5.97 Å². The smallest absolute Gasteiger partial charge is 0.355 e. The average Bonchev–Trinajstić information content (AvgIpc) is 2.86. The van der Waals surface area contributed by atoms with E-state index in [1.165, 1.54) is 0 Å². The maximum absolute atomic E-state index is 12.5. The van der Waals surface area contributed by atoms with E-state index in [0.717, 1.165) is 17.7 Å². The van der Waals surface area contributed by atoms with Crippen LogP contribution in [0.4, 0.5) is 0 Å². The predicted octanol–water partition coefficient (Wildman–Crippen LogP) is 3.41. The fourth-order valence-electron chi connectivity index (χ4n) is 3.20. The molecule has 1 unspecified atom stereocenters. The Balaban J connectivity index is 1.95. The molecule has 2 aromatic rings. The van der Waals surface area contributed by atoms with Gasteiger partial charge in [-0.25, -0.2) is 4.79 Å². The monoisotopic (exact) mass is 297 g/mol. The largest absolute Gasteiger partial charge is 0.461 e. The van der Waals surface area contributed by atoms with Crippen molar-refractivity contribution < 1.29 is 14.3 Å². The van der Waals surface area contributed by atoms with Crippen LogP contribution < -0.4 is 0 Å². The zero-order chi connectivity index (χ0) is 15.7. The second-order valence-electron chi connectivity index (χ2n) is 5.64. The van der Waals surface area contributed by atoms with Crippen LogP contribution in [-0.4, -0.2) is 23.3 Å². The van der Waals surface area contributed by atoms with Gasteiger partial charge in [-0.3, -0.25) is 4.79 Å². The molecule has 0 spiro atoms. The van der Waals surface area contributed by atoms with E-state index in [0.29, 0.717) is 29.8 Å². The van der Waals surface area contributed by atoms with Crippen LogP contribution in [-0.2, 0) is 11.2 Å². The molecular weight excluding hydrogens is 278 g/mol. The molecule has 1 heterocycles. The minimum Gasteiger partial charge on any atom is -0.461 e. The number of ether oxygens (including phenoxy) is 1. The number of aromatic amines is 1. The molecule has 4 heteroatoms. The van der Waals surface area contributed by atoms with Gasteiger partial charge in [-0.2, -0.15) is 0 Å². The first-order valence-electron chi connectivity index (χ1n) is 7.58. The highest BCUT2D eigenvalue weighted by Gasteiger charge is 2.32. The van der Waals surface area contributed by atoms with Crippen molar-refractivity contribution in [3.05, 3.63) is 58.4 Å². The molecule has 0 radical (unpaired) electrons. The third-order valence-electron chi connectivity index (χ3n) is 4.24. The summed E-state index contributed by atoms with van der Waals surface area (Å²) in [5.41, 5.74) is 3.81. The van der Waals surface area contributed by atoms with Gasteiger partial charge in [-0.1, -0.05) is 30.3 Å². The lowest BCUT2D eigenvalue weighted by Crippen LogP contribution is -2.18. The summed E-state index contributed by atoms with van der Waals surface area (Å²) in [6.45, 7) is 3.90. The zero-order valence-corrected chi connectivity index (χ0v) is 12.8. The Bertz CT molecular complexity index is 715. The summed E-state index contributed by atoms with van der Waals surface area (Å²) >= 11 is 0. The van der Waals surface area contributed by atoms with Crippen LogP contribution in [0.1, 0.15) is 56.9 Å². The van der Waals surface area contributed by atoms with E-state index in [1.807, 2.05) is 37.3 Å². The fourth-order valence-corrected chi connectivity index (χ4v) is 3.20. The molecule has 22 heavy (non-hydrogen) atoms. The second-order valence-corrected chi connectivity index (χ2v) is 5.64. The quantitative estimate of drug-likeness (QED) is 0.883. The molecule has 3 rings (SSSR count). The molecule has 0 saturated carbocycles. The highest BCUT2D eigenvalue weighted by Crippen LogP contribution is 2.35. The first kappa shape index (κ1) is 14.6. The Morgan fingerprint density at radius 2 is 2.00 bits per heavy atom. The van der Waals surface area contributed by atoms with Gasteiger partial charge >= 0.3 is 5.97 Å². The average molecular weight is 297 g/mol. The van der Waals surface area contributed by atoms with E-state index in [1.54, 1.807) is 6.92 Å². The molecule has 1 aromatic carbocycles. The van der Waals surface area contributed by atoms with Crippen molar-refractivity contribution in [2.24, 2.45) is 0 Å². The van der Waals surface area contributed by atoms with Crippen LogP contribution in [0.2, 0.25) is 0 Å². The summed E-state index contributed by atoms with van der Waals surface area (Å²) in [5, 5.41) is 0. The molecular formula is C18H19NO3. The Kier molecular flexibility index (Phi) is 3.84. The van der Waals surface area contributed by atoms with E-state index in [4.69, 9.17) is 4.74 Å². The molecule has 1 aliphatic rings. The molecule has 1 N–H and O–H groups in total. The molecule has 0 aliphatic heterocycles. The number of ketones is 1. The molecule has 0 saturated heterocycles. The summed E-state index contributed by atoms with van der Waals surface area (Å²) in [4.78, 5) is 27.6. The summed E-state index contributed by atoms with van der Waals surface area (Å²) in [6, 6.07) is 10.0. The number of H-pyrrole nitrogens is 1. The van der Waals surface area contributed by atoms with Crippen LogP contribution in [0, 0.1) is 6.92 Å². The normalized spacial score (nSPS) is 17.2. The molecule has 0 fully saturated rings. The van der Waals surface area contributed by atoms with E-state index in [9.17, 15) is 9.59 Å². The number of aromatic nitrogens is 1. The van der Waals surface area contributed by atoms with Gasteiger partial charge in [0.15, 0.2) is 5.78 Å². The lowest BCUT2D eigenvalue weighted by molar-refractivity contribution is 0.0519. The Labute approximate surface area is 129 Å². The van der Waals surface area contributed by atoms with E-state index in [2.05, 4.69) is 4.98 Å². The number of esters is 1. The van der Waals surface area contributed by atoms with Crippen LogP contribution in [0.25, 0.3) is 0 Å². The van der Waals surface area contributed by atoms with E-state index >= 15 is 0 Å². The minimum atomic E-state index is -0.390. The number of rotatable bonds is 3. The molecule has 0 amide bonds. The topological polar surface area (TPSA) is 59.2 Å². The van der Waals surface area contributed by atoms with Crippen molar-refractivity contribution in [2.45, 2.75) is 32.6 Å². The van der Waals surface area contributed by atoms with Gasteiger partial charge in [0.2, 0.25) is 0 Å². The van der Waals surface area contributed by atoms with Crippen LogP contribution in [0.15, 0.2) is 30.3 Å². The van der Waals surface area contributed by atoms with Crippen molar-refractivity contribution >= 4 is 11.8 Å². The molecule has 1 atom stereocenters. The highest BCUT2D eigenvalue weighted by atomic mass is 16.5. The summed E-state index contributed by atoms with van der Waals surface area (Å²) in [5.74, 6) is -0.132. The molecule has 4 nitrogen and oxygen atoms in total. The maximum Gasteiger partial charge on any atom is 0.355 e. The molecule has 1 aliphatic carbocycles. The Morgan fingerprint density at radius 3 is 2.68 bits per heavy atom. The highest BCUT2D eigenvalue weighted by molar-refractivity contribution is 6.03. The number of hydrogen-bond donors (Lipinski definition) is 1. The zero-order valence-electron chi connectivity index (χ0n) is 12.8. The van der Waals surface area contributed by atoms with E-state index in [-0.39, 0.29) is 11.7 Å². The van der Waals surface area contributed by atoms with Gasteiger partial charge in [0, 0.05) is 17.7 Å². The number of nitrogens with one attached hydrogen (secondary N) is 1. The number of carbonyl (C=O) groups is 2. The third kappa shape index (κ3) is 2.45. The van der Waals surface area contributed by atoms with Gasteiger partial charge in [0.05, 0.1) is 6.61 Å². The fraction of sp³-hybridized carbons (Fsp3) is 0.333. The van der Waals surface area contributed by atoms with Crippen LogP contribution >= 0.6 is 0 Å². The summed E-state index contributed by atoms with van der Waals surface area (Å²) < 4.78 is 5.05. The first-order chi connectivity index (χ1) is 10.6. The SMILES string of the molecule is CCOC(=O)c1[nH]c2c(c1C)C(=O)CC(c1ccccc1)C2. The third-order valence-corrected chi connectivity index (χ3v) is 4.24. The lowest BCUT2D eigenvalue weighted by atomic mass is 9.81. The van der Waals surface area contributed by atoms with Gasteiger partial charge in [-0.15, -0.1) is 0 Å². The van der Waals surface area contributed by atoms with Crippen molar-refractivity contribution in [3.63, 3.8) is 0 Å².